The topological polar surface area (TPSA) is 53.1 Å². The Kier molecular flexibility index (Phi) is 4.52. The zero-order valence-electron chi connectivity index (χ0n) is 13.7. The molecule has 6 heteroatoms. The predicted molar refractivity (Wildman–Crippen MR) is 87.7 cm³/mol. The number of fused-ring (bicyclic) bond motifs is 1. The maximum atomic E-state index is 12.6. The third-order valence-electron chi connectivity index (χ3n) is 4.50. The van der Waals surface area contributed by atoms with Gasteiger partial charge in [-0.2, -0.15) is 0 Å². The molecular weight excluding hydrogens is 294 g/mol. The van der Waals surface area contributed by atoms with Crippen LogP contribution in [0.5, 0.6) is 5.75 Å². The van der Waals surface area contributed by atoms with Gasteiger partial charge in [0, 0.05) is 26.2 Å². The van der Waals surface area contributed by atoms with Gasteiger partial charge in [0.2, 0.25) is 5.91 Å². The van der Waals surface area contributed by atoms with E-state index in [-0.39, 0.29) is 25.0 Å². The molecule has 0 unspecified atom stereocenters. The van der Waals surface area contributed by atoms with Crippen LogP contribution in [0.2, 0.25) is 0 Å². The Morgan fingerprint density at radius 1 is 1.22 bits per heavy atom. The van der Waals surface area contributed by atoms with Crippen LogP contribution in [0.3, 0.4) is 0 Å². The summed E-state index contributed by atoms with van der Waals surface area (Å²) in [6, 6.07) is 5.72. The fourth-order valence-corrected chi connectivity index (χ4v) is 3.08. The largest absolute Gasteiger partial charge is 0.423 e. The number of rotatable bonds is 3. The minimum absolute atomic E-state index is 0.0713. The second-order valence-electron chi connectivity index (χ2n) is 6.12. The number of benzene rings is 1. The molecule has 0 radical (unpaired) electrons. The summed E-state index contributed by atoms with van der Waals surface area (Å²) in [5.74, 6) is 0.304. The number of aryl methyl sites for hydroxylation is 1. The summed E-state index contributed by atoms with van der Waals surface area (Å²) < 4.78 is 5.29. The van der Waals surface area contributed by atoms with Crippen molar-refractivity contribution in [1.82, 2.24) is 9.80 Å². The molecule has 23 heavy (non-hydrogen) atoms. The van der Waals surface area contributed by atoms with Gasteiger partial charge in [-0.1, -0.05) is 13.0 Å². The molecule has 1 fully saturated rings. The van der Waals surface area contributed by atoms with Gasteiger partial charge >= 0.3 is 5.97 Å². The van der Waals surface area contributed by atoms with Crippen LogP contribution in [0.4, 0.5) is 5.69 Å². The number of piperazine rings is 1. The van der Waals surface area contributed by atoms with E-state index < -0.39 is 0 Å². The zero-order valence-corrected chi connectivity index (χ0v) is 13.7. The lowest BCUT2D eigenvalue weighted by Gasteiger charge is -2.36. The minimum Gasteiger partial charge on any atom is -0.423 e. The molecule has 1 saturated heterocycles. The number of hydrogen-bond donors (Lipinski definition) is 0. The van der Waals surface area contributed by atoms with Gasteiger partial charge in [-0.05, 0) is 31.2 Å². The standard InChI is InChI=1S/C17H23N3O3/c1-3-18-6-8-19(9-7-18)16(21)11-20-12-17(22)23-15-10-13(2)4-5-14(15)20/h4-5,10H,3,6-9,11-12H2,1-2H3. The maximum Gasteiger partial charge on any atom is 0.331 e. The molecule has 0 atom stereocenters. The SMILES string of the molecule is CCN1CCN(C(=O)CN2CC(=O)Oc3cc(C)ccc32)CC1. The lowest BCUT2D eigenvalue weighted by molar-refractivity contribution is -0.134. The summed E-state index contributed by atoms with van der Waals surface area (Å²) in [5, 5.41) is 0. The van der Waals surface area contributed by atoms with Crippen molar-refractivity contribution < 1.29 is 14.3 Å². The molecule has 0 spiro atoms. The number of anilines is 1. The lowest BCUT2D eigenvalue weighted by atomic mass is 10.1. The number of esters is 1. The molecule has 124 valence electrons. The lowest BCUT2D eigenvalue weighted by Crippen LogP contribution is -2.52. The van der Waals surface area contributed by atoms with Crippen LogP contribution in [0.25, 0.3) is 0 Å². The number of carbonyl (C=O) groups is 2. The van der Waals surface area contributed by atoms with E-state index in [0.29, 0.717) is 5.75 Å². The van der Waals surface area contributed by atoms with Gasteiger partial charge in [0.25, 0.3) is 0 Å². The molecule has 0 saturated carbocycles. The number of nitrogens with zero attached hydrogens (tertiary/aromatic N) is 3. The van der Waals surface area contributed by atoms with Crippen molar-refractivity contribution >= 4 is 17.6 Å². The van der Waals surface area contributed by atoms with Crippen molar-refractivity contribution in [3.05, 3.63) is 23.8 Å². The predicted octanol–water partition coefficient (Wildman–Crippen LogP) is 0.885. The molecule has 0 aromatic heterocycles. The molecule has 1 amide bonds. The first-order chi connectivity index (χ1) is 11.1. The fraction of sp³-hybridized carbons (Fsp3) is 0.529. The normalized spacial score (nSPS) is 18.6. The Morgan fingerprint density at radius 2 is 1.96 bits per heavy atom. The summed E-state index contributed by atoms with van der Waals surface area (Å²) in [6.45, 7) is 8.79. The van der Waals surface area contributed by atoms with Crippen molar-refractivity contribution in [3.63, 3.8) is 0 Å². The second-order valence-corrected chi connectivity index (χ2v) is 6.12. The summed E-state index contributed by atoms with van der Waals surface area (Å²) in [5.41, 5.74) is 1.84. The van der Waals surface area contributed by atoms with E-state index in [9.17, 15) is 9.59 Å². The van der Waals surface area contributed by atoms with Crippen LogP contribution >= 0.6 is 0 Å². The smallest absolute Gasteiger partial charge is 0.331 e. The maximum absolute atomic E-state index is 12.6. The van der Waals surface area contributed by atoms with E-state index in [4.69, 9.17) is 4.74 Å². The number of amides is 1. The highest BCUT2D eigenvalue weighted by Gasteiger charge is 2.28. The minimum atomic E-state index is -0.313. The van der Waals surface area contributed by atoms with Gasteiger partial charge in [-0.15, -0.1) is 0 Å². The molecule has 0 bridgehead atoms. The number of carbonyl (C=O) groups excluding carboxylic acids is 2. The van der Waals surface area contributed by atoms with Gasteiger partial charge in [-0.25, -0.2) is 4.79 Å². The first kappa shape index (κ1) is 15.8. The van der Waals surface area contributed by atoms with E-state index in [0.717, 1.165) is 44.0 Å². The molecule has 6 nitrogen and oxygen atoms in total. The molecule has 1 aromatic rings. The molecule has 2 heterocycles. The fourth-order valence-electron chi connectivity index (χ4n) is 3.08. The summed E-state index contributed by atoms with van der Waals surface area (Å²) in [6.07, 6.45) is 0. The molecule has 0 aliphatic carbocycles. The van der Waals surface area contributed by atoms with Gasteiger partial charge in [0.15, 0.2) is 5.75 Å². The van der Waals surface area contributed by atoms with Crippen molar-refractivity contribution in [2.24, 2.45) is 0 Å². The van der Waals surface area contributed by atoms with Crippen molar-refractivity contribution in [1.29, 1.82) is 0 Å². The molecule has 2 aliphatic heterocycles. The molecule has 2 aliphatic rings. The molecule has 0 N–H and O–H groups in total. The second kappa shape index (κ2) is 6.58. The van der Waals surface area contributed by atoms with Gasteiger partial charge in [0.05, 0.1) is 12.2 Å². The van der Waals surface area contributed by atoms with Gasteiger partial charge < -0.3 is 19.4 Å². The first-order valence-corrected chi connectivity index (χ1v) is 8.13. The highest BCUT2D eigenvalue weighted by Crippen LogP contribution is 2.32. The Labute approximate surface area is 136 Å². The average Bonchev–Trinajstić information content (AvgIpc) is 2.54. The summed E-state index contributed by atoms with van der Waals surface area (Å²) in [7, 11) is 0. The Bertz CT molecular complexity index is 609. The van der Waals surface area contributed by atoms with E-state index >= 15 is 0 Å². The zero-order chi connectivity index (χ0) is 16.4. The van der Waals surface area contributed by atoms with Crippen LogP contribution in [0, 0.1) is 6.92 Å². The third kappa shape index (κ3) is 3.47. The average molecular weight is 317 g/mol. The molecule has 3 rings (SSSR count). The van der Waals surface area contributed by atoms with Crippen LogP contribution in [-0.4, -0.2) is 67.5 Å². The Morgan fingerprint density at radius 3 is 2.65 bits per heavy atom. The van der Waals surface area contributed by atoms with E-state index in [2.05, 4.69) is 11.8 Å². The quantitative estimate of drug-likeness (QED) is 0.612. The highest BCUT2D eigenvalue weighted by molar-refractivity contribution is 5.89. The van der Waals surface area contributed by atoms with Gasteiger partial charge in [-0.3, -0.25) is 4.79 Å². The van der Waals surface area contributed by atoms with Crippen LogP contribution in [0.15, 0.2) is 18.2 Å². The molecular formula is C17H23N3O3. The monoisotopic (exact) mass is 317 g/mol. The van der Waals surface area contributed by atoms with Crippen LogP contribution in [-0.2, 0) is 9.59 Å². The summed E-state index contributed by atoms with van der Waals surface area (Å²) >= 11 is 0. The van der Waals surface area contributed by atoms with Crippen LogP contribution in [0.1, 0.15) is 12.5 Å². The van der Waals surface area contributed by atoms with Crippen molar-refractivity contribution in [2.75, 3.05) is 50.7 Å². The number of ether oxygens (including phenoxy) is 1. The Hall–Kier alpha value is -2.08. The number of hydrogen-bond acceptors (Lipinski definition) is 5. The van der Waals surface area contributed by atoms with Gasteiger partial charge in [0.1, 0.15) is 6.54 Å². The van der Waals surface area contributed by atoms with E-state index in [1.807, 2.05) is 34.9 Å². The molecule has 1 aromatic carbocycles. The highest BCUT2D eigenvalue weighted by atomic mass is 16.5. The van der Waals surface area contributed by atoms with E-state index in [1.165, 1.54) is 0 Å². The van der Waals surface area contributed by atoms with Crippen molar-refractivity contribution in [3.8, 4) is 5.75 Å². The Balaban J connectivity index is 1.68. The van der Waals surface area contributed by atoms with Crippen molar-refractivity contribution in [2.45, 2.75) is 13.8 Å². The summed E-state index contributed by atoms with van der Waals surface area (Å²) in [4.78, 5) is 30.4. The van der Waals surface area contributed by atoms with E-state index in [1.54, 1.807) is 0 Å². The van der Waals surface area contributed by atoms with Crippen LogP contribution < -0.4 is 9.64 Å². The first-order valence-electron chi connectivity index (χ1n) is 8.13. The number of likely N-dealkylation sites (N-methyl/N-ethyl adjacent to an activating group) is 1. The third-order valence-corrected chi connectivity index (χ3v) is 4.50.